The number of hydrogen-bond donors (Lipinski definition) is 0. The Morgan fingerprint density at radius 3 is 2.45 bits per heavy atom. The monoisotopic (exact) mass is 384 g/mol. The highest BCUT2D eigenvalue weighted by Crippen LogP contribution is 2.48. The molecule has 148 valence electrons. The third kappa shape index (κ3) is 3.04. The number of rotatable bonds is 3. The molecule has 2 aliphatic rings. The predicted molar refractivity (Wildman–Crippen MR) is 117 cm³/mol. The molecule has 3 nitrogen and oxygen atoms in total. The fourth-order valence-corrected chi connectivity index (χ4v) is 5.52. The van der Waals surface area contributed by atoms with Crippen LogP contribution in [0.1, 0.15) is 61.5 Å². The van der Waals surface area contributed by atoms with Crippen molar-refractivity contribution in [3.8, 4) is 11.3 Å². The van der Waals surface area contributed by atoms with Crippen molar-refractivity contribution < 1.29 is 0 Å². The number of benzene rings is 2. The van der Waals surface area contributed by atoms with Gasteiger partial charge in [0.25, 0.3) is 5.56 Å². The molecule has 29 heavy (non-hydrogen) atoms. The van der Waals surface area contributed by atoms with E-state index in [2.05, 4.69) is 55.5 Å². The summed E-state index contributed by atoms with van der Waals surface area (Å²) in [4.78, 5) is 19.1. The first-order valence-corrected chi connectivity index (χ1v) is 11.0. The van der Waals surface area contributed by atoms with Gasteiger partial charge in [-0.15, -0.1) is 0 Å². The van der Waals surface area contributed by atoms with Crippen molar-refractivity contribution in [1.82, 2.24) is 9.55 Å². The number of fused-ring (bicyclic) bond motifs is 4. The van der Waals surface area contributed by atoms with E-state index in [1.165, 1.54) is 30.4 Å². The Balaban J connectivity index is 1.75. The maximum Gasteiger partial charge on any atom is 0.257 e. The molecule has 1 fully saturated rings. The first kappa shape index (κ1) is 18.4. The van der Waals surface area contributed by atoms with Crippen LogP contribution in [-0.2, 0) is 24.8 Å². The van der Waals surface area contributed by atoms with Gasteiger partial charge in [0.05, 0.1) is 11.3 Å². The lowest BCUT2D eigenvalue weighted by atomic mass is 9.62. The summed E-state index contributed by atoms with van der Waals surface area (Å²) in [6, 6.07) is 18.9. The fourth-order valence-electron chi connectivity index (χ4n) is 5.52. The van der Waals surface area contributed by atoms with Gasteiger partial charge in [0.15, 0.2) is 0 Å². The zero-order valence-electron chi connectivity index (χ0n) is 17.2. The van der Waals surface area contributed by atoms with Crippen molar-refractivity contribution in [3.05, 3.63) is 87.5 Å². The van der Waals surface area contributed by atoms with Gasteiger partial charge in [-0.25, -0.2) is 4.98 Å². The van der Waals surface area contributed by atoms with Gasteiger partial charge in [-0.05, 0) is 37.3 Å². The van der Waals surface area contributed by atoms with Crippen LogP contribution in [0.5, 0.6) is 0 Å². The molecule has 1 spiro atoms. The molecule has 0 unspecified atom stereocenters. The topological polar surface area (TPSA) is 34.9 Å². The van der Waals surface area contributed by atoms with Gasteiger partial charge in [0.1, 0.15) is 5.82 Å². The molecule has 0 radical (unpaired) electrons. The van der Waals surface area contributed by atoms with Crippen LogP contribution in [0.4, 0.5) is 0 Å². The van der Waals surface area contributed by atoms with Crippen LogP contribution in [0.3, 0.4) is 0 Å². The summed E-state index contributed by atoms with van der Waals surface area (Å²) >= 11 is 0. The summed E-state index contributed by atoms with van der Waals surface area (Å²) in [5, 5.41) is 0. The molecule has 1 saturated carbocycles. The van der Waals surface area contributed by atoms with Gasteiger partial charge in [-0.1, -0.05) is 73.9 Å². The lowest BCUT2D eigenvalue weighted by Gasteiger charge is -2.42. The van der Waals surface area contributed by atoms with Gasteiger partial charge in [0, 0.05) is 23.9 Å². The zero-order chi connectivity index (χ0) is 19.8. The highest BCUT2D eigenvalue weighted by molar-refractivity contribution is 5.71. The second kappa shape index (κ2) is 7.29. The number of aromatic nitrogens is 2. The van der Waals surface area contributed by atoms with E-state index in [9.17, 15) is 4.79 Å². The maximum absolute atomic E-state index is 13.9. The normalized spacial score (nSPS) is 17.0. The summed E-state index contributed by atoms with van der Waals surface area (Å²) in [6.07, 6.45) is 7.57. The molecular weight excluding hydrogens is 356 g/mol. The Morgan fingerprint density at radius 1 is 0.966 bits per heavy atom. The molecule has 2 aliphatic carbocycles. The minimum absolute atomic E-state index is 0.0335. The molecule has 0 amide bonds. The third-order valence-electron chi connectivity index (χ3n) is 6.91. The highest BCUT2D eigenvalue weighted by atomic mass is 16.1. The quantitative estimate of drug-likeness (QED) is 0.616. The van der Waals surface area contributed by atoms with E-state index in [0.29, 0.717) is 13.0 Å². The fraction of sp³-hybridized carbons (Fsp3) is 0.385. The standard InChI is InChI=1S/C26H28N2O/c1-2-28-22(17-19-11-5-3-6-12-19)27-24-21-14-8-7-13-20(21)18-26(23(24)25(28)29)15-9-4-10-16-26/h3,5-8,11-14H,2,4,9-10,15-18H2,1H3. The van der Waals surface area contributed by atoms with Crippen LogP contribution in [0.15, 0.2) is 59.4 Å². The average molecular weight is 385 g/mol. The predicted octanol–water partition coefficient (Wildman–Crippen LogP) is 5.28. The van der Waals surface area contributed by atoms with Gasteiger partial charge >= 0.3 is 0 Å². The summed E-state index contributed by atoms with van der Waals surface area (Å²) < 4.78 is 1.93. The minimum atomic E-state index is -0.0335. The van der Waals surface area contributed by atoms with E-state index in [-0.39, 0.29) is 11.0 Å². The van der Waals surface area contributed by atoms with Crippen molar-refractivity contribution >= 4 is 0 Å². The summed E-state index contributed by atoms with van der Waals surface area (Å²) in [5.41, 5.74) is 5.82. The summed E-state index contributed by atoms with van der Waals surface area (Å²) in [6.45, 7) is 2.73. The molecule has 0 bridgehead atoms. The molecule has 1 aromatic heterocycles. The summed E-state index contributed by atoms with van der Waals surface area (Å²) in [7, 11) is 0. The second-order valence-corrected chi connectivity index (χ2v) is 8.64. The molecule has 3 aromatic rings. The first-order chi connectivity index (χ1) is 14.2. The molecule has 0 aliphatic heterocycles. The lowest BCUT2D eigenvalue weighted by molar-refractivity contribution is 0.283. The van der Waals surface area contributed by atoms with Crippen LogP contribution in [0.25, 0.3) is 11.3 Å². The van der Waals surface area contributed by atoms with Crippen molar-refractivity contribution in [1.29, 1.82) is 0 Å². The zero-order valence-corrected chi connectivity index (χ0v) is 17.2. The largest absolute Gasteiger partial charge is 0.296 e. The SMILES string of the molecule is CCn1c(Cc2ccccc2)nc2c(c1=O)C1(CCCCC1)Cc1ccccc1-2. The molecule has 5 rings (SSSR count). The van der Waals surface area contributed by atoms with E-state index >= 15 is 0 Å². The van der Waals surface area contributed by atoms with Gasteiger partial charge in [0.2, 0.25) is 0 Å². The Morgan fingerprint density at radius 2 is 1.69 bits per heavy atom. The van der Waals surface area contributed by atoms with Gasteiger partial charge in [-0.3, -0.25) is 9.36 Å². The maximum atomic E-state index is 13.9. The van der Waals surface area contributed by atoms with Crippen LogP contribution in [-0.4, -0.2) is 9.55 Å². The third-order valence-corrected chi connectivity index (χ3v) is 6.91. The first-order valence-electron chi connectivity index (χ1n) is 11.0. The smallest absolute Gasteiger partial charge is 0.257 e. The Labute approximate surface area is 172 Å². The molecule has 0 atom stereocenters. The van der Waals surface area contributed by atoms with E-state index in [1.54, 1.807) is 0 Å². The van der Waals surface area contributed by atoms with E-state index < -0.39 is 0 Å². The van der Waals surface area contributed by atoms with Crippen LogP contribution in [0, 0.1) is 0 Å². The molecule has 2 aromatic carbocycles. The van der Waals surface area contributed by atoms with Crippen LogP contribution >= 0.6 is 0 Å². The van der Waals surface area contributed by atoms with Crippen LogP contribution < -0.4 is 5.56 Å². The van der Waals surface area contributed by atoms with Gasteiger partial charge in [-0.2, -0.15) is 0 Å². The molecular formula is C26H28N2O. The van der Waals surface area contributed by atoms with Crippen molar-refractivity contribution in [3.63, 3.8) is 0 Å². The number of nitrogens with zero attached hydrogens (tertiary/aromatic N) is 2. The van der Waals surface area contributed by atoms with E-state index in [1.807, 2.05) is 10.6 Å². The summed E-state index contributed by atoms with van der Waals surface area (Å²) in [5.74, 6) is 0.880. The van der Waals surface area contributed by atoms with E-state index in [0.717, 1.165) is 41.9 Å². The molecule has 0 N–H and O–H groups in total. The Hall–Kier alpha value is -2.68. The van der Waals surface area contributed by atoms with Crippen molar-refractivity contribution in [2.24, 2.45) is 0 Å². The van der Waals surface area contributed by atoms with Gasteiger partial charge < -0.3 is 0 Å². The number of hydrogen-bond acceptors (Lipinski definition) is 2. The second-order valence-electron chi connectivity index (χ2n) is 8.64. The molecule has 3 heteroatoms. The lowest BCUT2D eigenvalue weighted by Crippen LogP contribution is -2.43. The highest BCUT2D eigenvalue weighted by Gasteiger charge is 2.43. The Kier molecular flexibility index (Phi) is 4.61. The van der Waals surface area contributed by atoms with Crippen LogP contribution in [0.2, 0.25) is 0 Å². The average Bonchev–Trinajstić information content (AvgIpc) is 2.75. The minimum Gasteiger partial charge on any atom is -0.296 e. The van der Waals surface area contributed by atoms with Crippen molar-refractivity contribution in [2.45, 2.75) is 63.8 Å². The molecule has 1 heterocycles. The van der Waals surface area contributed by atoms with E-state index in [4.69, 9.17) is 4.98 Å². The van der Waals surface area contributed by atoms with Crippen molar-refractivity contribution in [2.75, 3.05) is 0 Å². The molecule has 0 saturated heterocycles. The Bertz CT molecular complexity index is 1090.